The smallest absolute Gasteiger partial charge is 0.0547 e. The first-order valence-electron chi connectivity index (χ1n) is 23.4. The number of fused-ring (bicyclic) bond motifs is 6. The third kappa shape index (κ3) is 6.90. The Bertz CT molecular complexity index is 3880. The number of aromatic nitrogens is 1. The van der Waals surface area contributed by atoms with E-state index in [4.69, 9.17) is 0 Å². The van der Waals surface area contributed by atoms with Gasteiger partial charge in [-0.2, -0.15) is 0 Å². The zero-order valence-electron chi connectivity index (χ0n) is 37.3. The summed E-state index contributed by atoms with van der Waals surface area (Å²) in [5, 5.41) is 10.0. The number of hydrogen-bond acceptors (Lipinski definition) is 1. The first-order chi connectivity index (χ1) is 33.7. The lowest BCUT2D eigenvalue weighted by Gasteiger charge is -2.29. The van der Waals surface area contributed by atoms with Crippen molar-refractivity contribution in [1.82, 2.24) is 4.57 Å². The molecule has 0 N–H and O–H groups in total. The Labute approximate surface area is 395 Å². The zero-order valence-corrected chi connectivity index (χ0v) is 37.3. The van der Waals surface area contributed by atoms with Crippen LogP contribution in [-0.4, -0.2) is 4.57 Å². The number of rotatable bonds is 8. The van der Waals surface area contributed by atoms with E-state index in [2.05, 4.69) is 276 Å². The van der Waals surface area contributed by atoms with Crippen molar-refractivity contribution in [2.24, 2.45) is 0 Å². The Hall–Kier alpha value is -8.98. The van der Waals surface area contributed by atoms with Crippen LogP contribution >= 0.6 is 0 Å². The highest BCUT2D eigenvalue weighted by molar-refractivity contribution is 6.16. The predicted octanol–water partition coefficient (Wildman–Crippen LogP) is 18.4. The fourth-order valence-corrected chi connectivity index (χ4v) is 10.4. The van der Waals surface area contributed by atoms with Crippen LogP contribution in [0.5, 0.6) is 0 Å². The molecule has 0 spiro atoms. The highest BCUT2D eigenvalue weighted by Gasteiger charge is 2.20. The van der Waals surface area contributed by atoms with Gasteiger partial charge in [-0.15, -0.1) is 0 Å². The molecule has 2 heteroatoms. The van der Waals surface area contributed by atoms with Gasteiger partial charge < -0.3 is 9.47 Å². The summed E-state index contributed by atoms with van der Waals surface area (Å²) in [7, 11) is 0. The maximum Gasteiger partial charge on any atom is 0.0547 e. The van der Waals surface area contributed by atoms with E-state index >= 15 is 0 Å². The van der Waals surface area contributed by atoms with Gasteiger partial charge in [0.1, 0.15) is 0 Å². The molecule has 0 atom stereocenters. The average molecular weight is 865 g/mol. The van der Waals surface area contributed by atoms with Crippen molar-refractivity contribution in [3.63, 3.8) is 0 Å². The molecule has 68 heavy (non-hydrogen) atoms. The second-order valence-corrected chi connectivity index (χ2v) is 17.7. The molecule has 0 saturated carbocycles. The van der Waals surface area contributed by atoms with Crippen molar-refractivity contribution in [1.29, 1.82) is 0 Å². The number of hydrogen-bond donors (Lipinski definition) is 0. The minimum absolute atomic E-state index is 1.08. The highest BCUT2D eigenvalue weighted by Crippen LogP contribution is 2.44. The van der Waals surface area contributed by atoms with Crippen molar-refractivity contribution in [2.75, 3.05) is 4.90 Å². The summed E-state index contributed by atoms with van der Waals surface area (Å²) in [5.41, 5.74) is 16.3. The SMILES string of the molecule is c1ccc(-c2ccc(N(c3ccc(-c4ccc(-n5c6cc7ccccc7cc6c6cc7ccccc7cc65)cc4)cc3)c3ccc(-c4cccc5ccccc45)cc3)c(-c3ccccc3)c2)cc1. The monoisotopic (exact) mass is 864 g/mol. The predicted molar refractivity (Wildman–Crippen MR) is 290 cm³/mol. The second-order valence-electron chi connectivity index (χ2n) is 17.7. The summed E-state index contributed by atoms with van der Waals surface area (Å²) in [5.74, 6) is 0. The first-order valence-corrected chi connectivity index (χ1v) is 23.4. The molecule has 0 radical (unpaired) electrons. The van der Waals surface area contributed by atoms with Gasteiger partial charge in [-0.05, 0) is 144 Å². The summed E-state index contributed by atoms with van der Waals surface area (Å²) in [6.07, 6.45) is 0. The minimum atomic E-state index is 1.08. The van der Waals surface area contributed by atoms with Gasteiger partial charge in [0.25, 0.3) is 0 Å². The topological polar surface area (TPSA) is 8.17 Å². The van der Waals surface area contributed by atoms with Crippen molar-refractivity contribution >= 4 is 71.2 Å². The quantitative estimate of drug-likeness (QED) is 0.148. The van der Waals surface area contributed by atoms with Crippen LogP contribution in [0, 0.1) is 0 Å². The van der Waals surface area contributed by atoms with Crippen molar-refractivity contribution < 1.29 is 0 Å². The molecule has 13 rings (SSSR count). The molecule has 12 aromatic carbocycles. The molecular formula is C66H44N2. The normalized spacial score (nSPS) is 11.5. The fraction of sp³-hybridized carbons (Fsp3) is 0. The van der Waals surface area contributed by atoms with Crippen molar-refractivity contribution in [3.8, 4) is 50.2 Å². The van der Waals surface area contributed by atoms with Gasteiger partial charge in [-0.25, -0.2) is 0 Å². The van der Waals surface area contributed by atoms with Gasteiger partial charge in [0.2, 0.25) is 0 Å². The van der Waals surface area contributed by atoms with Gasteiger partial charge in [0.15, 0.2) is 0 Å². The molecule has 0 aliphatic rings. The van der Waals surface area contributed by atoms with E-state index in [-0.39, 0.29) is 0 Å². The van der Waals surface area contributed by atoms with E-state index in [0.29, 0.717) is 0 Å². The van der Waals surface area contributed by atoms with Crippen LogP contribution in [0.3, 0.4) is 0 Å². The van der Waals surface area contributed by atoms with Gasteiger partial charge in [0, 0.05) is 33.4 Å². The highest BCUT2D eigenvalue weighted by atomic mass is 15.1. The maximum absolute atomic E-state index is 2.44. The van der Waals surface area contributed by atoms with Crippen LogP contribution in [0.15, 0.2) is 267 Å². The molecule has 2 nitrogen and oxygen atoms in total. The number of anilines is 3. The first kappa shape index (κ1) is 39.4. The van der Waals surface area contributed by atoms with E-state index in [1.807, 2.05) is 0 Å². The van der Waals surface area contributed by atoms with E-state index in [9.17, 15) is 0 Å². The lowest BCUT2D eigenvalue weighted by Crippen LogP contribution is -2.11. The molecule has 0 fully saturated rings. The third-order valence-electron chi connectivity index (χ3n) is 13.7. The molecule has 0 aliphatic heterocycles. The fourth-order valence-electron chi connectivity index (χ4n) is 10.4. The molecule has 0 unspecified atom stereocenters. The molecule has 1 heterocycles. The average Bonchev–Trinajstić information content (AvgIpc) is 3.72. The molecule has 0 aliphatic carbocycles. The lowest BCUT2D eigenvalue weighted by atomic mass is 9.95. The zero-order chi connectivity index (χ0) is 45.0. The van der Waals surface area contributed by atoms with Gasteiger partial charge in [-0.1, -0.05) is 194 Å². The third-order valence-corrected chi connectivity index (χ3v) is 13.7. The van der Waals surface area contributed by atoms with E-state index in [0.717, 1.165) is 33.9 Å². The van der Waals surface area contributed by atoms with Crippen LogP contribution < -0.4 is 4.90 Å². The molecule has 0 bridgehead atoms. The Morgan fingerprint density at radius 3 is 1.26 bits per heavy atom. The molecule has 318 valence electrons. The Morgan fingerprint density at radius 1 is 0.250 bits per heavy atom. The minimum Gasteiger partial charge on any atom is -0.310 e. The summed E-state index contributed by atoms with van der Waals surface area (Å²) in [6.45, 7) is 0. The van der Waals surface area contributed by atoms with E-state index in [1.165, 1.54) is 87.5 Å². The molecular weight excluding hydrogens is 821 g/mol. The van der Waals surface area contributed by atoms with E-state index in [1.54, 1.807) is 0 Å². The number of nitrogens with zero attached hydrogens (tertiary/aromatic N) is 2. The largest absolute Gasteiger partial charge is 0.310 e. The number of benzene rings is 12. The summed E-state index contributed by atoms with van der Waals surface area (Å²) in [6, 6.07) is 97.5. The Morgan fingerprint density at radius 2 is 0.676 bits per heavy atom. The Balaban J connectivity index is 0.912. The summed E-state index contributed by atoms with van der Waals surface area (Å²) in [4.78, 5) is 2.41. The molecule has 0 saturated heterocycles. The standard InChI is InChI=1S/C66H44N2/c1-3-14-45(15-4-1)55-32-39-64(61(40-55)49-16-5-2-6-17-49)67(57-37-30-50(31-38-57)60-25-13-23-48-18-11-12-24-59(48)60)56-33-26-46(27-34-56)47-28-35-58(36-29-47)68-65-43-53-21-9-7-19-51(53)41-62(65)63-42-52-20-8-10-22-54(52)44-66(63)68/h1-44H. The molecule has 1 aromatic heterocycles. The second kappa shape index (κ2) is 16.5. The maximum atomic E-state index is 2.44. The van der Waals surface area contributed by atoms with Crippen LogP contribution in [0.2, 0.25) is 0 Å². The van der Waals surface area contributed by atoms with Crippen LogP contribution in [-0.2, 0) is 0 Å². The van der Waals surface area contributed by atoms with Gasteiger partial charge >= 0.3 is 0 Å². The summed E-state index contributed by atoms with van der Waals surface area (Å²) >= 11 is 0. The summed E-state index contributed by atoms with van der Waals surface area (Å²) < 4.78 is 2.44. The van der Waals surface area contributed by atoms with Crippen LogP contribution in [0.4, 0.5) is 17.1 Å². The van der Waals surface area contributed by atoms with Gasteiger partial charge in [0.05, 0.1) is 16.7 Å². The Kier molecular flexibility index (Phi) is 9.54. The van der Waals surface area contributed by atoms with E-state index < -0.39 is 0 Å². The van der Waals surface area contributed by atoms with Gasteiger partial charge in [-0.3, -0.25) is 0 Å². The molecule has 13 aromatic rings. The van der Waals surface area contributed by atoms with Crippen molar-refractivity contribution in [2.45, 2.75) is 0 Å². The lowest BCUT2D eigenvalue weighted by molar-refractivity contribution is 1.18. The van der Waals surface area contributed by atoms with Crippen LogP contribution in [0.25, 0.3) is 104 Å². The molecule has 0 amide bonds. The van der Waals surface area contributed by atoms with Crippen LogP contribution in [0.1, 0.15) is 0 Å². The van der Waals surface area contributed by atoms with Crippen molar-refractivity contribution in [3.05, 3.63) is 267 Å².